The van der Waals surface area contributed by atoms with Crippen molar-refractivity contribution < 1.29 is 19.3 Å². The number of benzene rings is 3. The van der Waals surface area contributed by atoms with Crippen LogP contribution in [0.1, 0.15) is 11.6 Å². The van der Waals surface area contributed by atoms with Crippen LogP contribution in [-0.4, -0.2) is 22.8 Å². The van der Waals surface area contributed by atoms with Crippen molar-refractivity contribution in [3.05, 3.63) is 101 Å². The summed E-state index contributed by atoms with van der Waals surface area (Å²) in [5.74, 6) is -1.59. The smallest absolute Gasteiger partial charge is 0.271 e. The summed E-state index contributed by atoms with van der Waals surface area (Å²) in [6, 6.07) is 23.3. The van der Waals surface area contributed by atoms with Gasteiger partial charge in [0.25, 0.3) is 11.6 Å². The number of non-ortho nitro benzene ring substituents is 1. The molecule has 3 atom stereocenters. The molecule has 0 aliphatic carbocycles. The number of rotatable bonds is 4. The number of carbonyl (C=O) groups is 2. The van der Waals surface area contributed by atoms with E-state index in [2.05, 4.69) is 0 Å². The maximum absolute atomic E-state index is 13.4. The van der Waals surface area contributed by atoms with Crippen LogP contribution in [0.15, 0.2) is 84.9 Å². The Balaban J connectivity index is 1.59. The zero-order valence-corrected chi connectivity index (χ0v) is 16.2. The summed E-state index contributed by atoms with van der Waals surface area (Å²) in [5, 5.41) is 12.7. The number of fused-ring (bicyclic) bond motifs is 1. The SMILES string of the molecule is O=C1[C@@H]2[C@@H](ON(c3cccc([N+](=O)[O-])c3)[C@H]2c2ccccc2)C(=O)N1c1ccccc1. The molecule has 31 heavy (non-hydrogen) atoms. The Morgan fingerprint density at radius 3 is 2.13 bits per heavy atom. The number of carbonyl (C=O) groups excluding carboxylic acids is 2. The van der Waals surface area contributed by atoms with Gasteiger partial charge in [-0.05, 0) is 23.8 Å². The fraction of sp³-hybridized carbons (Fsp3) is 0.130. The fourth-order valence-electron chi connectivity index (χ4n) is 4.20. The van der Waals surface area contributed by atoms with Gasteiger partial charge in [0, 0.05) is 12.1 Å². The summed E-state index contributed by atoms with van der Waals surface area (Å²) in [5.41, 5.74) is 1.57. The molecule has 2 heterocycles. The second kappa shape index (κ2) is 7.33. The lowest BCUT2D eigenvalue weighted by Crippen LogP contribution is -2.37. The topological polar surface area (TPSA) is 93.0 Å². The number of hydrogen-bond donors (Lipinski definition) is 0. The molecule has 2 fully saturated rings. The number of nitrogens with zero attached hydrogens (tertiary/aromatic N) is 3. The minimum absolute atomic E-state index is 0.103. The molecule has 2 amide bonds. The molecular weight excluding hydrogens is 398 g/mol. The van der Waals surface area contributed by atoms with E-state index in [0.29, 0.717) is 11.4 Å². The number of para-hydroxylation sites is 1. The van der Waals surface area contributed by atoms with Crippen molar-refractivity contribution in [3.63, 3.8) is 0 Å². The summed E-state index contributed by atoms with van der Waals surface area (Å²) < 4.78 is 0. The first-order chi connectivity index (χ1) is 15.1. The van der Waals surface area contributed by atoms with Crippen molar-refractivity contribution in [3.8, 4) is 0 Å². The van der Waals surface area contributed by atoms with Crippen molar-refractivity contribution in [2.75, 3.05) is 9.96 Å². The average molecular weight is 415 g/mol. The monoisotopic (exact) mass is 415 g/mol. The van der Waals surface area contributed by atoms with Gasteiger partial charge in [-0.25, -0.2) is 9.96 Å². The molecule has 0 aromatic heterocycles. The van der Waals surface area contributed by atoms with E-state index >= 15 is 0 Å². The first kappa shape index (κ1) is 19.0. The lowest BCUT2D eigenvalue weighted by atomic mass is 9.90. The number of hydrogen-bond acceptors (Lipinski definition) is 6. The molecule has 2 saturated heterocycles. The van der Waals surface area contributed by atoms with E-state index in [4.69, 9.17) is 4.84 Å². The highest BCUT2D eigenvalue weighted by molar-refractivity contribution is 6.23. The summed E-state index contributed by atoms with van der Waals surface area (Å²) in [6.07, 6.45) is -1.02. The Hall–Kier alpha value is -4.04. The Labute approximate surface area is 177 Å². The highest BCUT2D eigenvalue weighted by Gasteiger charge is 2.60. The maximum atomic E-state index is 13.4. The van der Waals surface area contributed by atoms with Gasteiger partial charge in [-0.2, -0.15) is 0 Å². The van der Waals surface area contributed by atoms with E-state index in [0.717, 1.165) is 10.5 Å². The van der Waals surface area contributed by atoms with Gasteiger partial charge in [0.1, 0.15) is 5.92 Å². The van der Waals surface area contributed by atoms with Crippen LogP contribution < -0.4 is 9.96 Å². The minimum atomic E-state index is -1.02. The van der Waals surface area contributed by atoms with E-state index in [-0.39, 0.29) is 11.6 Å². The predicted molar refractivity (Wildman–Crippen MR) is 112 cm³/mol. The van der Waals surface area contributed by atoms with E-state index in [9.17, 15) is 19.7 Å². The van der Waals surface area contributed by atoms with Crippen LogP contribution in [-0.2, 0) is 14.4 Å². The molecule has 5 rings (SSSR count). The number of anilines is 2. The molecule has 0 spiro atoms. The minimum Gasteiger partial charge on any atom is -0.273 e. The fourth-order valence-corrected chi connectivity index (χ4v) is 4.20. The second-order valence-corrected chi connectivity index (χ2v) is 7.36. The van der Waals surface area contributed by atoms with Crippen LogP contribution in [0.2, 0.25) is 0 Å². The largest absolute Gasteiger partial charge is 0.273 e. The molecule has 154 valence electrons. The third-order valence-electron chi connectivity index (χ3n) is 5.57. The zero-order valence-electron chi connectivity index (χ0n) is 16.2. The number of nitro groups is 1. The van der Waals surface area contributed by atoms with Crippen molar-refractivity contribution in [1.82, 2.24) is 0 Å². The maximum Gasteiger partial charge on any atom is 0.271 e. The Kier molecular flexibility index (Phi) is 4.48. The summed E-state index contributed by atoms with van der Waals surface area (Å²) in [6.45, 7) is 0. The molecule has 2 aliphatic heterocycles. The molecule has 0 unspecified atom stereocenters. The molecule has 3 aromatic rings. The van der Waals surface area contributed by atoms with Gasteiger partial charge in [0.05, 0.1) is 22.3 Å². The Bertz CT molecular complexity index is 1170. The summed E-state index contributed by atoms with van der Waals surface area (Å²) >= 11 is 0. The van der Waals surface area contributed by atoms with Gasteiger partial charge in [-0.15, -0.1) is 0 Å². The Morgan fingerprint density at radius 1 is 0.806 bits per heavy atom. The number of hydroxylamine groups is 1. The van der Waals surface area contributed by atoms with Gasteiger partial charge in [-0.3, -0.25) is 24.5 Å². The lowest BCUT2D eigenvalue weighted by Gasteiger charge is -2.28. The second-order valence-electron chi connectivity index (χ2n) is 7.36. The number of amides is 2. The van der Waals surface area contributed by atoms with Gasteiger partial charge in [0.15, 0.2) is 6.10 Å². The lowest BCUT2D eigenvalue weighted by molar-refractivity contribution is -0.384. The molecular formula is C23H17N3O5. The third kappa shape index (κ3) is 3.04. The van der Waals surface area contributed by atoms with E-state index < -0.39 is 28.9 Å². The van der Waals surface area contributed by atoms with Crippen LogP contribution in [0.4, 0.5) is 17.1 Å². The average Bonchev–Trinajstić information content (AvgIpc) is 3.31. The molecule has 0 bridgehead atoms. The van der Waals surface area contributed by atoms with Crippen molar-refractivity contribution >= 4 is 28.9 Å². The highest BCUT2D eigenvalue weighted by Crippen LogP contribution is 2.47. The molecule has 0 saturated carbocycles. The number of imide groups is 1. The van der Waals surface area contributed by atoms with Crippen LogP contribution in [0.3, 0.4) is 0 Å². The molecule has 0 N–H and O–H groups in total. The van der Waals surface area contributed by atoms with Gasteiger partial charge in [-0.1, -0.05) is 54.6 Å². The van der Waals surface area contributed by atoms with Crippen LogP contribution in [0.5, 0.6) is 0 Å². The van der Waals surface area contributed by atoms with Gasteiger partial charge >= 0.3 is 0 Å². The first-order valence-electron chi connectivity index (χ1n) is 9.74. The van der Waals surface area contributed by atoms with Crippen molar-refractivity contribution in [2.45, 2.75) is 12.1 Å². The van der Waals surface area contributed by atoms with E-state index in [1.54, 1.807) is 36.4 Å². The molecule has 0 radical (unpaired) electrons. The van der Waals surface area contributed by atoms with E-state index in [1.807, 2.05) is 36.4 Å². The highest BCUT2D eigenvalue weighted by atomic mass is 16.7. The van der Waals surface area contributed by atoms with Gasteiger partial charge < -0.3 is 0 Å². The molecule has 8 heteroatoms. The van der Waals surface area contributed by atoms with E-state index in [1.165, 1.54) is 17.2 Å². The molecule has 3 aromatic carbocycles. The zero-order chi connectivity index (χ0) is 21.5. The quantitative estimate of drug-likeness (QED) is 0.367. The predicted octanol–water partition coefficient (Wildman–Crippen LogP) is 3.65. The Morgan fingerprint density at radius 2 is 1.45 bits per heavy atom. The number of nitro benzene ring substituents is 1. The molecule has 2 aliphatic rings. The first-order valence-corrected chi connectivity index (χ1v) is 9.74. The molecule has 8 nitrogen and oxygen atoms in total. The van der Waals surface area contributed by atoms with Crippen molar-refractivity contribution in [2.24, 2.45) is 5.92 Å². The van der Waals surface area contributed by atoms with Crippen LogP contribution >= 0.6 is 0 Å². The van der Waals surface area contributed by atoms with Crippen LogP contribution in [0.25, 0.3) is 0 Å². The van der Waals surface area contributed by atoms with Crippen LogP contribution in [0, 0.1) is 16.0 Å². The van der Waals surface area contributed by atoms with Gasteiger partial charge in [0.2, 0.25) is 5.91 Å². The van der Waals surface area contributed by atoms with Crippen molar-refractivity contribution in [1.29, 1.82) is 0 Å². The summed E-state index contributed by atoms with van der Waals surface area (Å²) in [7, 11) is 0. The standard InChI is InChI=1S/C23H17N3O5/c27-22-19-20(15-8-3-1-4-9-15)25(17-12-7-13-18(14-17)26(29)30)31-21(19)23(28)24(22)16-10-5-2-6-11-16/h1-14,19-21H/t19-,20-,21+/m0/s1. The summed E-state index contributed by atoms with van der Waals surface area (Å²) in [4.78, 5) is 44.5. The third-order valence-corrected chi connectivity index (χ3v) is 5.57. The normalized spacial score (nSPS) is 22.6.